The molecule has 0 amide bonds. The van der Waals surface area contributed by atoms with Crippen molar-refractivity contribution in [1.29, 1.82) is 5.26 Å². The number of pyridine rings is 1. The summed E-state index contributed by atoms with van der Waals surface area (Å²) in [6.07, 6.45) is 3.08. The summed E-state index contributed by atoms with van der Waals surface area (Å²) in [7, 11) is 0. The summed E-state index contributed by atoms with van der Waals surface area (Å²) in [5.41, 5.74) is 8.20. The molecule has 0 saturated carbocycles. The summed E-state index contributed by atoms with van der Waals surface area (Å²) in [5.74, 6) is 0.775. The molecule has 5 rings (SSSR count). The zero-order valence-electron chi connectivity index (χ0n) is 17.3. The molecule has 162 valence electrons. The van der Waals surface area contributed by atoms with Gasteiger partial charge in [-0.1, -0.05) is 18.5 Å². The minimum Gasteiger partial charge on any atom is -0.360 e. The number of halogens is 1. The summed E-state index contributed by atoms with van der Waals surface area (Å²) in [4.78, 5) is 31.4. The Labute approximate surface area is 192 Å². The van der Waals surface area contributed by atoms with Gasteiger partial charge in [-0.05, 0) is 42.8 Å². The van der Waals surface area contributed by atoms with Crippen molar-refractivity contribution in [3.8, 4) is 6.07 Å². The number of aromatic amines is 2. The number of H-pyrrole nitrogens is 2. The second kappa shape index (κ2) is 8.13. The number of nitrogens with two attached hydrogens (primary N) is 1. The number of rotatable bonds is 4. The third kappa shape index (κ3) is 3.50. The summed E-state index contributed by atoms with van der Waals surface area (Å²) in [6, 6.07) is 7.50. The number of benzene rings is 1. The predicted octanol–water partition coefficient (Wildman–Crippen LogP) is 3.58. The van der Waals surface area contributed by atoms with E-state index in [2.05, 4.69) is 14.9 Å². The van der Waals surface area contributed by atoms with Crippen molar-refractivity contribution in [3.05, 3.63) is 50.9 Å². The first-order valence-electron chi connectivity index (χ1n) is 10.3. The zero-order valence-corrected chi connectivity index (χ0v) is 18.8. The van der Waals surface area contributed by atoms with Gasteiger partial charge in [0.05, 0.1) is 10.4 Å². The van der Waals surface area contributed by atoms with Gasteiger partial charge in [-0.2, -0.15) is 5.26 Å². The van der Waals surface area contributed by atoms with Crippen LogP contribution in [0.2, 0.25) is 5.02 Å². The van der Waals surface area contributed by atoms with Crippen LogP contribution in [0.15, 0.2) is 39.2 Å². The number of aromatic nitrogens is 4. The average molecular weight is 466 g/mol. The number of fused-ring (bicyclic) bond motifs is 2. The average Bonchev–Trinajstić information content (AvgIpc) is 3.37. The van der Waals surface area contributed by atoms with Crippen molar-refractivity contribution < 1.29 is 0 Å². The fraction of sp³-hybridized carbons (Fsp3) is 0.273. The van der Waals surface area contributed by atoms with Crippen LogP contribution in [-0.4, -0.2) is 39.1 Å². The van der Waals surface area contributed by atoms with Crippen molar-refractivity contribution in [2.45, 2.75) is 35.9 Å². The minimum atomic E-state index is -0.296. The van der Waals surface area contributed by atoms with Gasteiger partial charge < -0.3 is 20.6 Å². The molecule has 1 aliphatic heterocycles. The van der Waals surface area contributed by atoms with E-state index in [1.807, 2.05) is 25.1 Å². The van der Waals surface area contributed by atoms with Crippen LogP contribution in [0.3, 0.4) is 0 Å². The summed E-state index contributed by atoms with van der Waals surface area (Å²) in [5, 5.41) is 11.6. The Hall–Kier alpha value is -3.06. The van der Waals surface area contributed by atoms with E-state index in [9.17, 15) is 4.79 Å². The molecule has 1 saturated heterocycles. The maximum atomic E-state index is 12.5. The van der Waals surface area contributed by atoms with Gasteiger partial charge in [0.2, 0.25) is 5.43 Å². The van der Waals surface area contributed by atoms with E-state index in [0.717, 1.165) is 41.2 Å². The van der Waals surface area contributed by atoms with Crippen LogP contribution in [0.1, 0.15) is 24.6 Å². The quantitative estimate of drug-likeness (QED) is 0.393. The number of aryl methyl sites for hydroxylation is 1. The number of hydrogen-bond acceptors (Lipinski definition) is 7. The molecule has 1 unspecified atom stereocenters. The lowest BCUT2D eigenvalue weighted by Gasteiger charge is -2.18. The van der Waals surface area contributed by atoms with E-state index in [1.54, 1.807) is 6.07 Å². The lowest BCUT2D eigenvalue weighted by Crippen LogP contribution is -2.27. The number of nitrogens with one attached hydrogen (secondary N) is 2. The summed E-state index contributed by atoms with van der Waals surface area (Å²) < 4.78 is 0. The van der Waals surface area contributed by atoms with Gasteiger partial charge in [-0.25, -0.2) is 9.97 Å². The molecule has 1 atom stereocenters. The third-order valence-electron chi connectivity index (χ3n) is 5.68. The van der Waals surface area contributed by atoms with Crippen LogP contribution in [0, 0.1) is 11.3 Å². The molecule has 1 fully saturated rings. The highest BCUT2D eigenvalue weighted by Crippen LogP contribution is 2.37. The Balaban J connectivity index is 1.61. The van der Waals surface area contributed by atoms with E-state index in [4.69, 9.17) is 32.6 Å². The molecule has 3 aromatic heterocycles. The van der Waals surface area contributed by atoms with Crippen LogP contribution in [0.4, 0.5) is 5.82 Å². The maximum absolute atomic E-state index is 12.5. The molecule has 0 radical (unpaired) electrons. The van der Waals surface area contributed by atoms with E-state index >= 15 is 0 Å². The SMILES string of the molecule is CCc1[nH]c2nc(Sc3ccc4[nH]cc(C#N)c(=O)c4c3)nc(N3CCC(N)C3)c2c1Cl. The second-order valence-electron chi connectivity index (χ2n) is 7.77. The molecule has 1 aromatic carbocycles. The molecule has 4 N–H and O–H groups in total. The number of nitrogens with zero attached hydrogens (tertiary/aromatic N) is 4. The molecular formula is C22H20ClN7OS. The highest BCUT2D eigenvalue weighted by Gasteiger charge is 2.26. The van der Waals surface area contributed by atoms with Crippen molar-refractivity contribution in [2.24, 2.45) is 5.73 Å². The fourth-order valence-electron chi connectivity index (χ4n) is 4.02. The lowest BCUT2D eigenvalue weighted by molar-refractivity contribution is 0.751. The van der Waals surface area contributed by atoms with Gasteiger partial charge >= 0.3 is 0 Å². The van der Waals surface area contributed by atoms with Gasteiger partial charge in [-0.3, -0.25) is 4.79 Å². The molecule has 0 aliphatic carbocycles. The first-order valence-corrected chi connectivity index (χ1v) is 11.5. The smallest absolute Gasteiger partial charge is 0.207 e. The highest BCUT2D eigenvalue weighted by atomic mass is 35.5. The van der Waals surface area contributed by atoms with Crippen LogP contribution in [0.5, 0.6) is 0 Å². The third-order valence-corrected chi connectivity index (χ3v) is 6.95. The minimum absolute atomic E-state index is 0.0816. The van der Waals surface area contributed by atoms with Crippen LogP contribution < -0.4 is 16.1 Å². The molecule has 10 heteroatoms. The van der Waals surface area contributed by atoms with Crippen molar-refractivity contribution in [2.75, 3.05) is 18.0 Å². The Morgan fingerprint density at radius 2 is 2.25 bits per heavy atom. The Bertz CT molecular complexity index is 1450. The van der Waals surface area contributed by atoms with Gasteiger partial charge in [0, 0.05) is 46.8 Å². The Morgan fingerprint density at radius 3 is 2.97 bits per heavy atom. The van der Waals surface area contributed by atoms with E-state index in [-0.39, 0.29) is 17.0 Å². The van der Waals surface area contributed by atoms with Crippen LogP contribution in [0.25, 0.3) is 21.9 Å². The van der Waals surface area contributed by atoms with E-state index in [0.29, 0.717) is 33.3 Å². The van der Waals surface area contributed by atoms with E-state index in [1.165, 1.54) is 18.0 Å². The van der Waals surface area contributed by atoms with Gasteiger partial charge in [0.25, 0.3) is 0 Å². The van der Waals surface area contributed by atoms with Crippen molar-refractivity contribution in [3.63, 3.8) is 0 Å². The summed E-state index contributed by atoms with van der Waals surface area (Å²) in [6.45, 7) is 3.55. The van der Waals surface area contributed by atoms with Crippen molar-refractivity contribution >= 4 is 51.1 Å². The van der Waals surface area contributed by atoms with Gasteiger partial charge in [0.1, 0.15) is 23.1 Å². The molecule has 0 spiro atoms. The molecule has 8 nitrogen and oxygen atoms in total. The second-order valence-corrected chi connectivity index (χ2v) is 9.19. The molecule has 1 aliphatic rings. The predicted molar refractivity (Wildman–Crippen MR) is 126 cm³/mol. The number of anilines is 1. The zero-order chi connectivity index (χ0) is 22.4. The van der Waals surface area contributed by atoms with Crippen LogP contribution >= 0.6 is 23.4 Å². The molecule has 0 bridgehead atoms. The highest BCUT2D eigenvalue weighted by molar-refractivity contribution is 7.99. The molecular weight excluding hydrogens is 446 g/mol. The van der Waals surface area contributed by atoms with Crippen LogP contribution in [-0.2, 0) is 6.42 Å². The molecule has 4 aromatic rings. The fourth-order valence-corrected chi connectivity index (χ4v) is 5.17. The lowest BCUT2D eigenvalue weighted by atomic mass is 10.1. The largest absolute Gasteiger partial charge is 0.360 e. The standard InChI is InChI=1S/C22H20ClN7OS/c1-2-15-18(23)17-20(27-15)28-22(29-21(17)30-6-5-12(25)10-30)32-13-3-4-16-14(7-13)19(31)11(8-24)9-26-16/h3-4,7,9,12H,2,5-6,10,25H2,1H3,(H,26,31)(H,27,28,29). The topological polar surface area (TPSA) is 127 Å². The Kier molecular flexibility index (Phi) is 5.29. The molecule has 4 heterocycles. The maximum Gasteiger partial charge on any atom is 0.207 e. The Morgan fingerprint density at radius 1 is 1.41 bits per heavy atom. The monoisotopic (exact) mass is 465 g/mol. The molecule has 32 heavy (non-hydrogen) atoms. The normalized spacial score (nSPS) is 16.2. The first-order chi connectivity index (χ1) is 15.5. The summed E-state index contributed by atoms with van der Waals surface area (Å²) >= 11 is 8.02. The van der Waals surface area contributed by atoms with Gasteiger partial charge in [-0.15, -0.1) is 0 Å². The van der Waals surface area contributed by atoms with E-state index < -0.39 is 0 Å². The van der Waals surface area contributed by atoms with Crippen molar-refractivity contribution in [1.82, 2.24) is 19.9 Å². The first kappa shape index (κ1) is 20.8. The number of hydrogen-bond donors (Lipinski definition) is 3. The number of nitriles is 1. The van der Waals surface area contributed by atoms with Gasteiger partial charge in [0.15, 0.2) is 5.16 Å².